The van der Waals surface area contributed by atoms with Crippen LogP contribution in [0.5, 0.6) is 11.5 Å². The summed E-state index contributed by atoms with van der Waals surface area (Å²) in [4.78, 5) is 26.3. The number of amides is 2. The smallest absolute Gasteiger partial charge is 0.255 e. The van der Waals surface area contributed by atoms with E-state index < -0.39 is 0 Å². The molecule has 0 aliphatic carbocycles. The zero-order chi connectivity index (χ0) is 19.4. The third kappa shape index (κ3) is 4.39. The Morgan fingerprint density at radius 2 is 1.89 bits per heavy atom. The molecule has 1 saturated heterocycles. The first kappa shape index (κ1) is 18.8. The fourth-order valence-electron chi connectivity index (χ4n) is 3.04. The summed E-state index contributed by atoms with van der Waals surface area (Å²) < 4.78 is 11.0. The number of rotatable bonds is 6. The van der Waals surface area contributed by atoms with Gasteiger partial charge in [0.05, 0.1) is 18.9 Å². The van der Waals surface area contributed by atoms with E-state index in [9.17, 15) is 9.59 Å². The first-order chi connectivity index (χ1) is 13.0. The number of anilines is 2. The number of benzene rings is 2. The maximum atomic E-state index is 12.5. The van der Waals surface area contributed by atoms with E-state index in [1.165, 1.54) is 0 Å². The number of carbonyl (C=O) groups excluding carboxylic acids is 2. The minimum Gasteiger partial charge on any atom is -0.495 e. The van der Waals surface area contributed by atoms with Gasteiger partial charge in [0.25, 0.3) is 5.91 Å². The lowest BCUT2D eigenvalue weighted by Crippen LogP contribution is -2.24. The van der Waals surface area contributed by atoms with Gasteiger partial charge < -0.3 is 19.7 Å². The summed E-state index contributed by atoms with van der Waals surface area (Å²) in [5, 5.41) is 2.88. The van der Waals surface area contributed by atoms with Crippen molar-refractivity contribution in [3.63, 3.8) is 0 Å². The minimum atomic E-state index is -0.227. The Hall–Kier alpha value is -3.02. The maximum absolute atomic E-state index is 12.5. The van der Waals surface area contributed by atoms with E-state index in [0.717, 1.165) is 12.2 Å². The van der Waals surface area contributed by atoms with Gasteiger partial charge >= 0.3 is 0 Å². The predicted octanol–water partition coefficient (Wildman–Crippen LogP) is 3.86. The van der Waals surface area contributed by atoms with Crippen LogP contribution in [0.2, 0.25) is 0 Å². The summed E-state index contributed by atoms with van der Waals surface area (Å²) in [7, 11) is 1.57. The van der Waals surface area contributed by atoms with E-state index in [2.05, 4.69) is 5.32 Å². The molecule has 0 bridgehead atoms. The summed E-state index contributed by atoms with van der Waals surface area (Å²) >= 11 is 0. The summed E-state index contributed by atoms with van der Waals surface area (Å²) in [6, 6.07) is 12.3. The highest BCUT2D eigenvalue weighted by Gasteiger charge is 2.25. The normalized spacial score (nSPS) is 13.8. The molecule has 0 radical (unpaired) electrons. The molecule has 2 aromatic carbocycles. The zero-order valence-corrected chi connectivity index (χ0v) is 15.8. The second-order valence-corrected chi connectivity index (χ2v) is 6.68. The van der Waals surface area contributed by atoms with Crippen LogP contribution >= 0.6 is 0 Å². The molecule has 1 fully saturated rings. The average Bonchev–Trinajstić information content (AvgIpc) is 3.07. The molecule has 142 valence electrons. The van der Waals surface area contributed by atoms with Gasteiger partial charge in [-0.25, -0.2) is 0 Å². The van der Waals surface area contributed by atoms with Gasteiger partial charge in [-0.1, -0.05) is 0 Å². The number of methoxy groups -OCH3 is 1. The van der Waals surface area contributed by atoms with Gasteiger partial charge in [-0.3, -0.25) is 9.59 Å². The number of nitrogens with one attached hydrogen (secondary N) is 1. The molecule has 3 rings (SSSR count). The average molecular weight is 368 g/mol. The van der Waals surface area contributed by atoms with Gasteiger partial charge in [0, 0.05) is 24.2 Å². The Labute approximate surface area is 159 Å². The van der Waals surface area contributed by atoms with Crippen molar-refractivity contribution in [2.75, 3.05) is 23.9 Å². The lowest BCUT2D eigenvalue weighted by atomic mass is 10.2. The molecular weight excluding hydrogens is 344 g/mol. The van der Waals surface area contributed by atoms with Crippen LogP contribution < -0.4 is 19.7 Å². The van der Waals surface area contributed by atoms with Crippen molar-refractivity contribution in [3.05, 3.63) is 48.0 Å². The number of ether oxygens (including phenoxy) is 2. The summed E-state index contributed by atoms with van der Waals surface area (Å²) in [5.74, 6) is 1.17. The van der Waals surface area contributed by atoms with Gasteiger partial charge in [0.1, 0.15) is 11.5 Å². The molecular formula is C21H24N2O4. The van der Waals surface area contributed by atoms with Gasteiger partial charge in [-0.15, -0.1) is 0 Å². The van der Waals surface area contributed by atoms with E-state index in [4.69, 9.17) is 9.47 Å². The van der Waals surface area contributed by atoms with Crippen LogP contribution in [-0.2, 0) is 4.79 Å². The number of carbonyl (C=O) groups is 2. The van der Waals surface area contributed by atoms with Crippen LogP contribution in [0.1, 0.15) is 37.0 Å². The molecule has 6 heteroatoms. The van der Waals surface area contributed by atoms with Crippen molar-refractivity contribution in [2.45, 2.75) is 32.8 Å². The molecule has 0 saturated carbocycles. The minimum absolute atomic E-state index is 0.0671. The van der Waals surface area contributed by atoms with Crippen molar-refractivity contribution in [1.29, 1.82) is 0 Å². The Morgan fingerprint density at radius 3 is 2.48 bits per heavy atom. The van der Waals surface area contributed by atoms with Gasteiger partial charge in [-0.2, -0.15) is 0 Å². The third-order valence-electron chi connectivity index (χ3n) is 4.29. The molecule has 0 aromatic heterocycles. The second-order valence-electron chi connectivity index (χ2n) is 6.68. The van der Waals surface area contributed by atoms with Crippen molar-refractivity contribution < 1.29 is 19.1 Å². The predicted molar refractivity (Wildman–Crippen MR) is 105 cm³/mol. The van der Waals surface area contributed by atoms with Crippen LogP contribution in [0.4, 0.5) is 11.4 Å². The second kappa shape index (κ2) is 8.12. The molecule has 6 nitrogen and oxygen atoms in total. The number of hydrogen-bond donors (Lipinski definition) is 1. The van der Waals surface area contributed by atoms with Crippen LogP contribution in [0.3, 0.4) is 0 Å². The molecule has 0 atom stereocenters. The van der Waals surface area contributed by atoms with Crippen molar-refractivity contribution >= 4 is 23.2 Å². The molecule has 0 spiro atoms. The summed E-state index contributed by atoms with van der Waals surface area (Å²) in [6.07, 6.45) is 1.43. The Morgan fingerprint density at radius 1 is 1.15 bits per heavy atom. The molecule has 1 heterocycles. The summed E-state index contributed by atoms with van der Waals surface area (Å²) in [6.45, 7) is 4.56. The Balaban J connectivity index is 1.76. The van der Waals surface area contributed by atoms with Crippen LogP contribution in [0, 0.1) is 0 Å². The standard InChI is InChI=1S/C21H24N2O4/c1-14(2)27-17-9-6-15(7-10-17)21(25)22-16-8-11-19(26-3)18(13-16)23-12-4-5-20(23)24/h6-11,13-14H,4-5,12H2,1-3H3,(H,22,25). The maximum Gasteiger partial charge on any atom is 0.255 e. The lowest BCUT2D eigenvalue weighted by Gasteiger charge is -2.20. The first-order valence-electron chi connectivity index (χ1n) is 9.04. The highest BCUT2D eigenvalue weighted by atomic mass is 16.5. The van der Waals surface area contributed by atoms with Gasteiger partial charge in [-0.05, 0) is 62.7 Å². The Bertz CT molecular complexity index is 831. The fourth-order valence-corrected chi connectivity index (χ4v) is 3.04. The van der Waals surface area contributed by atoms with Crippen LogP contribution in [-0.4, -0.2) is 31.6 Å². The molecule has 1 aliphatic heterocycles. The largest absolute Gasteiger partial charge is 0.495 e. The molecule has 1 aliphatic rings. The van der Waals surface area contributed by atoms with Gasteiger partial charge in [0.2, 0.25) is 5.91 Å². The molecule has 2 aromatic rings. The number of nitrogens with zero attached hydrogens (tertiary/aromatic N) is 1. The molecule has 0 unspecified atom stereocenters. The highest BCUT2D eigenvalue weighted by molar-refractivity contribution is 6.05. The molecule has 27 heavy (non-hydrogen) atoms. The zero-order valence-electron chi connectivity index (χ0n) is 15.8. The van der Waals surface area contributed by atoms with E-state index in [0.29, 0.717) is 35.7 Å². The highest BCUT2D eigenvalue weighted by Crippen LogP contribution is 2.34. The van der Waals surface area contributed by atoms with E-state index in [-0.39, 0.29) is 17.9 Å². The summed E-state index contributed by atoms with van der Waals surface area (Å²) in [5.41, 5.74) is 1.82. The van der Waals surface area contributed by atoms with Crippen molar-refractivity contribution in [2.24, 2.45) is 0 Å². The van der Waals surface area contributed by atoms with Crippen molar-refractivity contribution in [3.8, 4) is 11.5 Å². The van der Waals surface area contributed by atoms with Gasteiger partial charge in [0.15, 0.2) is 0 Å². The topological polar surface area (TPSA) is 67.9 Å². The van der Waals surface area contributed by atoms with Crippen molar-refractivity contribution in [1.82, 2.24) is 0 Å². The molecule has 1 N–H and O–H groups in total. The van der Waals surface area contributed by atoms with E-state index >= 15 is 0 Å². The monoisotopic (exact) mass is 368 g/mol. The SMILES string of the molecule is COc1ccc(NC(=O)c2ccc(OC(C)C)cc2)cc1N1CCCC1=O. The third-order valence-corrected chi connectivity index (χ3v) is 4.29. The Kier molecular flexibility index (Phi) is 5.64. The van der Waals surface area contributed by atoms with E-state index in [1.807, 2.05) is 13.8 Å². The van der Waals surface area contributed by atoms with Crippen LogP contribution in [0.25, 0.3) is 0 Å². The quantitative estimate of drug-likeness (QED) is 0.841. The lowest BCUT2D eigenvalue weighted by molar-refractivity contribution is -0.117. The van der Waals surface area contributed by atoms with Crippen LogP contribution in [0.15, 0.2) is 42.5 Å². The fraction of sp³-hybridized carbons (Fsp3) is 0.333. The first-order valence-corrected chi connectivity index (χ1v) is 9.04. The number of hydrogen-bond acceptors (Lipinski definition) is 4. The van der Waals surface area contributed by atoms with E-state index in [1.54, 1.807) is 54.5 Å². The molecule has 2 amide bonds.